The SMILES string of the molecule is C[C@]12CCC[C@@H]1[C@@H]1CC[C@H]3C[C@H](OC(=O)OCC(Cl)(Cl)Cl)CC[C@@]3(C)[C@H]1CC2. The molecule has 0 N–H and O–H groups in total. The van der Waals surface area contributed by atoms with E-state index < -0.39 is 9.95 Å². The summed E-state index contributed by atoms with van der Waals surface area (Å²) in [5.74, 6) is 3.34. The number of fused-ring (bicyclic) bond motifs is 5. The molecule has 0 aromatic carbocycles. The lowest BCUT2D eigenvalue weighted by Gasteiger charge is -2.60. The van der Waals surface area contributed by atoms with Crippen molar-refractivity contribution in [1.29, 1.82) is 0 Å². The van der Waals surface area contributed by atoms with E-state index in [0.29, 0.717) is 16.7 Å². The molecule has 0 spiro atoms. The summed E-state index contributed by atoms with van der Waals surface area (Å²) in [6.45, 7) is 4.81. The first-order valence-corrected chi connectivity index (χ1v) is 12.1. The van der Waals surface area contributed by atoms with Gasteiger partial charge in [-0.1, -0.05) is 55.1 Å². The van der Waals surface area contributed by atoms with Crippen molar-refractivity contribution < 1.29 is 14.3 Å². The fraction of sp³-hybridized carbons (Fsp3) is 0.955. The molecule has 0 bridgehead atoms. The summed E-state index contributed by atoms with van der Waals surface area (Å²) in [5, 5.41) is 0. The van der Waals surface area contributed by atoms with Gasteiger partial charge in [0, 0.05) is 0 Å². The van der Waals surface area contributed by atoms with Crippen LogP contribution in [0.4, 0.5) is 4.79 Å². The Labute approximate surface area is 184 Å². The van der Waals surface area contributed by atoms with Crippen molar-refractivity contribution in [3.05, 3.63) is 0 Å². The van der Waals surface area contributed by atoms with Gasteiger partial charge < -0.3 is 9.47 Å². The third-order valence-electron chi connectivity index (χ3n) is 9.02. The Morgan fingerprint density at radius 3 is 2.54 bits per heavy atom. The first-order chi connectivity index (χ1) is 13.1. The van der Waals surface area contributed by atoms with E-state index in [4.69, 9.17) is 44.3 Å². The third-order valence-corrected chi connectivity index (χ3v) is 9.34. The average molecular weight is 452 g/mol. The van der Waals surface area contributed by atoms with Crippen molar-refractivity contribution in [1.82, 2.24) is 0 Å². The highest BCUT2D eigenvalue weighted by atomic mass is 35.6. The number of ether oxygens (including phenoxy) is 2. The van der Waals surface area contributed by atoms with Gasteiger partial charge in [-0.15, -0.1) is 0 Å². The molecule has 28 heavy (non-hydrogen) atoms. The molecule has 7 atom stereocenters. The Hall–Kier alpha value is 0.140. The summed E-state index contributed by atoms with van der Waals surface area (Å²) in [7, 11) is 0. The van der Waals surface area contributed by atoms with Gasteiger partial charge in [0.05, 0.1) is 0 Å². The molecule has 4 rings (SSSR count). The highest BCUT2D eigenvalue weighted by Gasteiger charge is 2.58. The lowest BCUT2D eigenvalue weighted by Crippen LogP contribution is -2.53. The predicted octanol–water partition coefficient (Wildman–Crippen LogP) is 7.31. The molecule has 0 saturated heterocycles. The maximum atomic E-state index is 12.0. The molecular weight excluding hydrogens is 419 g/mol. The van der Waals surface area contributed by atoms with Crippen molar-refractivity contribution in [2.75, 3.05) is 6.61 Å². The van der Waals surface area contributed by atoms with Crippen molar-refractivity contribution in [3.8, 4) is 0 Å². The summed E-state index contributed by atoms with van der Waals surface area (Å²) < 4.78 is 8.92. The Kier molecular flexibility index (Phi) is 5.86. The highest BCUT2D eigenvalue weighted by molar-refractivity contribution is 6.67. The van der Waals surface area contributed by atoms with Crippen molar-refractivity contribution in [3.63, 3.8) is 0 Å². The molecule has 160 valence electrons. The molecule has 0 unspecified atom stereocenters. The zero-order valence-corrected chi connectivity index (χ0v) is 19.3. The van der Waals surface area contributed by atoms with Gasteiger partial charge in [0.15, 0.2) is 0 Å². The van der Waals surface area contributed by atoms with Gasteiger partial charge in [0.25, 0.3) is 0 Å². The molecular formula is C22H33Cl3O3. The quantitative estimate of drug-likeness (QED) is 0.326. The molecule has 0 aliphatic heterocycles. The Morgan fingerprint density at radius 1 is 1.00 bits per heavy atom. The average Bonchev–Trinajstić information content (AvgIpc) is 3.01. The third kappa shape index (κ3) is 4.02. The Bertz CT molecular complexity index is 606. The van der Waals surface area contributed by atoms with E-state index in [2.05, 4.69) is 13.8 Å². The van der Waals surface area contributed by atoms with E-state index in [0.717, 1.165) is 37.0 Å². The lowest BCUT2D eigenvalue weighted by atomic mass is 9.45. The van der Waals surface area contributed by atoms with Crippen LogP contribution in [0.2, 0.25) is 0 Å². The maximum absolute atomic E-state index is 12.0. The topological polar surface area (TPSA) is 35.5 Å². The van der Waals surface area contributed by atoms with E-state index in [-0.39, 0.29) is 12.7 Å². The van der Waals surface area contributed by atoms with Gasteiger partial charge >= 0.3 is 6.16 Å². The van der Waals surface area contributed by atoms with E-state index in [1.54, 1.807) is 0 Å². The van der Waals surface area contributed by atoms with Crippen LogP contribution in [0.25, 0.3) is 0 Å². The molecule has 4 saturated carbocycles. The number of carbonyl (C=O) groups is 1. The second-order valence-corrected chi connectivity index (χ2v) is 12.9. The molecule has 4 aliphatic carbocycles. The molecule has 6 heteroatoms. The zero-order valence-electron chi connectivity index (χ0n) is 17.0. The van der Waals surface area contributed by atoms with E-state index >= 15 is 0 Å². The monoisotopic (exact) mass is 450 g/mol. The zero-order chi connectivity index (χ0) is 20.2. The van der Waals surface area contributed by atoms with Crippen molar-refractivity contribution in [2.24, 2.45) is 34.5 Å². The molecule has 0 aromatic heterocycles. The van der Waals surface area contributed by atoms with Crippen molar-refractivity contribution >= 4 is 41.0 Å². The number of hydrogen-bond acceptors (Lipinski definition) is 3. The number of halogens is 3. The molecule has 0 radical (unpaired) electrons. The number of hydrogen-bond donors (Lipinski definition) is 0. The van der Waals surface area contributed by atoms with Gasteiger partial charge in [-0.3, -0.25) is 0 Å². The van der Waals surface area contributed by atoms with E-state index in [1.807, 2.05) is 0 Å². The molecule has 0 amide bonds. The Balaban J connectivity index is 1.37. The minimum atomic E-state index is -1.60. The van der Waals surface area contributed by atoms with Crippen molar-refractivity contribution in [2.45, 2.75) is 88.0 Å². The van der Waals surface area contributed by atoms with Crippen LogP contribution in [-0.4, -0.2) is 22.7 Å². The van der Waals surface area contributed by atoms with Crippen LogP contribution in [-0.2, 0) is 9.47 Å². The summed E-state index contributed by atoms with van der Waals surface area (Å²) in [6.07, 6.45) is 12.0. The van der Waals surface area contributed by atoms with Gasteiger partial charge in [-0.25, -0.2) is 4.79 Å². The molecule has 4 fully saturated rings. The minimum Gasteiger partial charge on any atom is -0.431 e. The first-order valence-electron chi connectivity index (χ1n) is 11.0. The fourth-order valence-corrected chi connectivity index (χ4v) is 7.79. The predicted molar refractivity (Wildman–Crippen MR) is 113 cm³/mol. The van der Waals surface area contributed by atoms with Crippen LogP contribution in [0.5, 0.6) is 0 Å². The van der Waals surface area contributed by atoms with Gasteiger partial charge in [0.2, 0.25) is 3.79 Å². The number of alkyl halides is 3. The highest BCUT2D eigenvalue weighted by Crippen LogP contribution is 2.66. The number of rotatable bonds is 2. The second kappa shape index (κ2) is 7.68. The van der Waals surface area contributed by atoms with E-state index in [1.165, 1.54) is 44.9 Å². The van der Waals surface area contributed by atoms with Crippen LogP contribution < -0.4 is 0 Å². The first kappa shape index (κ1) is 21.4. The van der Waals surface area contributed by atoms with Crippen LogP contribution >= 0.6 is 34.8 Å². The standard InChI is InChI=1S/C22H33Cl3O3/c1-20-9-3-4-17(20)16-6-5-14-12-15(28-19(26)27-13-22(23,24)25)7-11-21(14,2)18(16)8-10-20/h14-18H,3-13H2,1-2H3/t14-,15+,16-,17+,18-,20+,21+/m0/s1. The van der Waals surface area contributed by atoms with Gasteiger partial charge in [0.1, 0.15) is 12.7 Å². The summed E-state index contributed by atoms with van der Waals surface area (Å²) in [6, 6.07) is 0. The smallest absolute Gasteiger partial charge is 0.431 e. The van der Waals surface area contributed by atoms with Gasteiger partial charge in [-0.2, -0.15) is 0 Å². The summed E-state index contributed by atoms with van der Waals surface area (Å²) in [4.78, 5) is 12.0. The van der Waals surface area contributed by atoms with Gasteiger partial charge in [-0.05, 0) is 92.3 Å². The normalized spacial score (nSPS) is 45.5. The minimum absolute atomic E-state index is 0.0714. The van der Waals surface area contributed by atoms with Crippen LogP contribution in [0, 0.1) is 34.5 Å². The molecule has 0 aromatic rings. The fourth-order valence-electron chi connectivity index (χ4n) is 7.63. The largest absolute Gasteiger partial charge is 0.508 e. The lowest BCUT2D eigenvalue weighted by molar-refractivity contribution is -0.124. The second-order valence-electron chi connectivity index (χ2n) is 10.4. The summed E-state index contributed by atoms with van der Waals surface area (Å²) in [5.41, 5.74) is 1.01. The van der Waals surface area contributed by atoms with Crippen LogP contribution in [0.15, 0.2) is 0 Å². The number of carbonyl (C=O) groups excluding carboxylic acids is 1. The molecule has 0 heterocycles. The van der Waals surface area contributed by atoms with E-state index in [9.17, 15) is 4.79 Å². The van der Waals surface area contributed by atoms with Crippen LogP contribution in [0.3, 0.4) is 0 Å². The Morgan fingerprint density at radius 2 is 1.79 bits per heavy atom. The van der Waals surface area contributed by atoms with Crippen LogP contribution in [0.1, 0.15) is 78.1 Å². The summed E-state index contributed by atoms with van der Waals surface area (Å²) >= 11 is 16.9. The molecule has 4 aliphatic rings. The maximum Gasteiger partial charge on any atom is 0.508 e. The molecule has 3 nitrogen and oxygen atoms in total.